The van der Waals surface area contributed by atoms with Crippen LogP contribution in [0.15, 0.2) is 66.7 Å². The highest BCUT2D eigenvalue weighted by Crippen LogP contribution is 2.44. The third kappa shape index (κ3) is 3.71. The summed E-state index contributed by atoms with van der Waals surface area (Å²) < 4.78 is 56.1. The molecule has 0 aromatic heterocycles. The molecule has 0 bridgehead atoms. The van der Waals surface area contributed by atoms with Gasteiger partial charge in [-0.2, -0.15) is 8.78 Å². The lowest BCUT2D eigenvalue weighted by Gasteiger charge is -2.33. The molecular formula is C19H14F4O2. The van der Waals surface area contributed by atoms with Crippen LogP contribution < -0.4 is 0 Å². The summed E-state index contributed by atoms with van der Waals surface area (Å²) in [4.78, 5) is 11.1. The number of alkyl halides is 4. The lowest BCUT2D eigenvalue weighted by Crippen LogP contribution is -2.53. The monoisotopic (exact) mass is 350 g/mol. The van der Waals surface area contributed by atoms with Gasteiger partial charge in [-0.1, -0.05) is 66.7 Å². The average molecular weight is 350 g/mol. The fourth-order valence-corrected chi connectivity index (χ4v) is 2.21. The second kappa shape index (κ2) is 7.47. The Morgan fingerprint density at radius 2 is 1.52 bits per heavy atom. The molecular weight excluding hydrogens is 336 g/mol. The number of hydrogen-bond donors (Lipinski definition) is 1. The van der Waals surface area contributed by atoms with E-state index >= 15 is 0 Å². The maximum atomic E-state index is 14.7. The van der Waals surface area contributed by atoms with Gasteiger partial charge < -0.3 is 5.11 Å². The van der Waals surface area contributed by atoms with Gasteiger partial charge in [0.1, 0.15) is 11.5 Å². The van der Waals surface area contributed by atoms with Crippen LogP contribution in [-0.4, -0.2) is 29.0 Å². The molecule has 0 saturated carbocycles. The van der Waals surface area contributed by atoms with Gasteiger partial charge in [-0.3, -0.25) is 0 Å². The zero-order valence-electron chi connectivity index (χ0n) is 12.9. The SMILES string of the molecule is O=C=C(c1ccccc1)C(F)(F)C(O)(/C=C/c1ccccc1)C(F)F. The van der Waals surface area contributed by atoms with Crippen molar-refractivity contribution in [3.63, 3.8) is 0 Å². The van der Waals surface area contributed by atoms with Crippen LogP contribution in [0.2, 0.25) is 0 Å². The fraction of sp³-hybridized carbons (Fsp3) is 0.158. The zero-order chi connectivity index (χ0) is 18.5. The molecule has 0 aliphatic rings. The Morgan fingerprint density at radius 1 is 1.00 bits per heavy atom. The fourth-order valence-electron chi connectivity index (χ4n) is 2.21. The van der Waals surface area contributed by atoms with Crippen molar-refractivity contribution >= 4 is 17.6 Å². The lowest BCUT2D eigenvalue weighted by atomic mass is 9.86. The van der Waals surface area contributed by atoms with Crippen molar-refractivity contribution in [3.8, 4) is 0 Å². The van der Waals surface area contributed by atoms with Crippen LogP contribution >= 0.6 is 0 Å². The molecule has 2 rings (SSSR count). The summed E-state index contributed by atoms with van der Waals surface area (Å²) in [5.41, 5.74) is -5.16. The summed E-state index contributed by atoms with van der Waals surface area (Å²) in [6.45, 7) is 0. The maximum absolute atomic E-state index is 14.7. The van der Waals surface area contributed by atoms with E-state index in [1.807, 2.05) is 0 Å². The first-order valence-corrected chi connectivity index (χ1v) is 7.26. The third-order valence-electron chi connectivity index (χ3n) is 3.64. The average Bonchev–Trinajstić information content (AvgIpc) is 2.61. The Balaban J connectivity index is 2.50. The molecule has 6 heteroatoms. The number of rotatable bonds is 6. The molecule has 0 aliphatic carbocycles. The number of carbonyl (C=O) groups excluding carboxylic acids is 1. The molecule has 130 valence electrons. The molecule has 0 aliphatic heterocycles. The first-order chi connectivity index (χ1) is 11.8. The van der Waals surface area contributed by atoms with E-state index in [-0.39, 0.29) is 5.56 Å². The Morgan fingerprint density at radius 3 is 2.00 bits per heavy atom. The molecule has 1 atom stereocenters. The summed E-state index contributed by atoms with van der Waals surface area (Å²) in [5.74, 6) is -3.55. The minimum atomic E-state index is -4.56. The first kappa shape index (κ1) is 18.6. The predicted molar refractivity (Wildman–Crippen MR) is 86.9 cm³/mol. The standard InChI is InChI=1S/C19H14F4O2/c20-17(21)18(25,12-11-14-7-3-1-4-8-14)19(22,23)16(13-24)15-9-5-2-6-10-15/h1-12,17,25H/b12-11+. The minimum absolute atomic E-state index is 0.297. The van der Waals surface area contributed by atoms with Crippen LogP contribution in [0.25, 0.3) is 11.6 Å². The highest BCUT2D eigenvalue weighted by molar-refractivity contribution is 5.92. The van der Waals surface area contributed by atoms with Gasteiger partial charge in [0.2, 0.25) is 5.60 Å². The van der Waals surface area contributed by atoms with Gasteiger partial charge in [0.25, 0.3) is 6.43 Å². The van der Waals surface area contributed by atoms with Crippen molar-refractivity contribution in [2.24, 2.45) is 0 Å². The molecule has 1 N–H and O–H groups in total. The van der Waals surface area contributed by atoms with Crippen molar-refractivity contribution in [3.05, 3.63) is 77.9 Å². The molecule has 25 heavy (non-hydrogen) atoms. The highest BCUT2D eigenvalue weighted by Gasteiger charge is 2.60. The maximum Gasteiger partial charge on any atom is 0.321 e. The molecule has 0 heterocycles. The van der Waals surface area contributed by atoms with Crippen molar-refractivity contribution < 1.29 is 27.5 Å². The molecule has 0 amide bonds. The highest BCUT2D eigenvalue weighted by atomic mass is 19.3. The van der Waals surface area contributed by atoms with Crippen LogP contribution in [0.1, 0.15) is 11.1 Å². The largest absolute Gasteiger partial charge is 0.374 e. The van der Waals surface area contributed by atoms with E-state index in [0.717, 1.165) is 24.2 Å². The molecule has 0 radical (unpaired) electrons. The van der Waals surface area contributed by atoms with E-state index in [0.29, 0.717) is 11.6 Å². The molecule has 2 aromatic carbocycles. The Hall–Kier alpha value is -2.69. The summed E-state index contributed by atoms with van der Waals surface area (Å²) in [5, 5.41) is 10.1. The molecule has 0 fully saturated rings. The molecule has 0 spiro atoms. The zero-order valence-corrected chi connectivity index (χ0v) is 12.9. The number of hydrogen-bond acceptors (Lipinski definition) is 2. The van der Waals surface area contributed by atoms with E-state index in [4.69, 9.17) is 0 Å². The summed E-state index contributed by atoms with van der Waals surface area (Å²) in [6, 6.07) is 14.4. The second-order valence-electron chi connectivity index (χ2n) is 5.29. The van der Waals surface area contributed by atoms with E-state index in [9.17, 15) is 27.5 Å². The van der Waals surface area contributed by atoms with Crippen LogP contribution in [0.5, 0.6) is 0 Å². The second-order valence-corrected chi connectivity index (χ2v) is 5.29. The Bertz CT molecular complexity index is 782. The van der Waals surface area contributed by atoms with E-state index in [2.05, 4.69) is 0 Å². The lowest BCUT2D eigenvalue weighted by molar-refractivity contribution is -0.179. The van der Waals surface area contributed by atoms with E-state index in [1.54, 1.807) is 18.2 Å². The van der Waals surface area contributed by atoms with Gasteiger partial charge >= 0.3 is 5.92 Å². The minimum Gasteiger partial charge on any atom is -0.374 e. The van der Waals surface area contributed by atoms with Crippen LogP contribution in [0.4, 0.5) is 17.6 Å². The van der Waals surface area contributed by atoms with Crippen molar-refractivity contribution in [2.45, 2.75) is 17.9 Å². The molecule has 2 aromatic rings. The number of halogens is 4. The van der Waals surface area contributed by atoms with Gasteiger partial charge in [0, 0.05) is 0 Å². The van der Waals surface area contributed by atoms with Crippen molar-refractivity contribution in [1.29, 1.82) is 0 Å². The predicted octanol–water partition coefficient (Wildman–Crippen LogP) is 4.25. The van der Waals surface area contributed by atoms with E-state index < -0.39 is 23.5 Å². The van der Waals surface area contributed by atoms with Crippen LogP contribution in [0.3, 0.4) is 0 Å². The van der Waals surface area contributed by atoms with Crippen LogP contribution in [0, 0.1) is 0 Å². The molecule has 2 nitrogen and oxygen atoms in total. The quantitative estimate of drug-likeness (QED) is 0.625. The summed E-state index contributed by atoms with van der Waals surface area (Å²) >= 11 is 0. The normalized spacial score (nSPS) is 14.3. The number of aliphatic hydroxyl groups is 1. The van der Waals surface area contributed by atoms with Crippen molar-refractivity contribution in [1.82, 2.24) is 0 Å². The van der Waals surface area contributed by atoms with Gasteiger partial charge in [-0.25, -0.2) is 13.6 Å². The Kier molecular flexibility index (Phi) is 5.57. The van der Waals surface area contributed by atoms with Crippen molar-refractivity contribution in [2.75, 3.05) is 0 Å². The van der Waals surface area contributed by atoms with Gasteiger partial charge in [0.05, 0.1) is 0 Å². The van der Waals surface area contributed by atoms with Gasteiger partial charge in [-0.05, 0) is 17.2 Å². The van der Waals surface area contributed by atoms with Gasteiger partial charge in [0.15, 0.2) is 0 Å². The van der Waals surface area contributed by atoms with Gasteiger partial charge in [-0.15, -0.1) is 0 Å². The first-order valence-electron chi connectivity index (χ1n) is 7.26. The topological polar surface area (TPSA) is 37.3 Å². The third-order valence-corrected chi connectivity index (χ3v) is 3.64. The van der Waals surface area contributed by atoms with E-state index in [1.165, 1.54) is 30.3 Å². The number of benzene rings is 2. The summed E-state index contributed by atoms with van der Waals surface area (Å²) in [6.07, 6.45) is -2.57. The molecule has 1 unspecified atom stereocenters. The Labute approximate surface area is 141 Å². The molecule has 0 saturated heterocycles. The smallest absolute Gasteiger partial charge is 0.321 e. The van der Waals surface area contributed by atoms with Crippen LogP contribution in [-0.2, 0) is 4.79 Å². The summed E-state index contributed by atoms with van der Waals surface area (Å²) in [7, 11) is 0.